The molecule has 20 heavy (non-hydrogen) atoms. The van der Waals surface area contributed by atoms with Crippen molar-refractivity contribution in [3.63, 3.8) is 0 Å². The Hall–Kier alpha value is -2.43. The van der Waals surface area contributed by atoms with Crippen LogP contribution in [-0.4, -0.2) is 20.1 Å². The van der Waals surface area contributed by atoms with Crippen molar-refractivity contribution in [3.8, 4) is 0 Å². The van der Waals surface area contributed by atoms with Crippen molar-refractivity contribution in [2.24, 2.45) is 0 Å². The molecule has 1 aromatic carbocycles. The Morgan fingerprint density at radius 2 is 1.90 bits per heavy atom. The second kappa shape index (κ2) is 6.14. The van der Waals surface area contributed by atoms with Gasteiger partial charge in [-0.05, 0) is 18.4 Å². The lowest BCUT2D eigenvalue weighted by Gasteiger charge is -1.96. The van der Waals surface area contributed by atoms with Crippen LogP contribution in [-0.2, 0) is 25.7 Å². The van der Waals surface area contributed by atoms with Crippen LogP contribution in [0.3, 0.4) is 0 Å². The van der Waals surface area contributed by atoms with E-state index in [9.17, 15) is 0 Å². The van der Waals surface area contributed by atoms with Gasteiger partial charge < -0.3 is 9.51 Å². The number of nitrogens with zero attached hydrogens (tertiary/aromatic N) is 3. The summed E-state index contributed by atoms with van der Waals surface area (Å²) < 4.78 is 5.26. The molecule has 5 heteroatoms. The summed E-state index contributed by atoms with van der Waals surface area (Å²) in [5.74, 6) is 1.45. The monoisotopic (exact) mass is 268 g/mol. The van der Waals surface area contributed by atoms with Crippen molar-refractivity contribution in [2.75, 3.05) is 0 Å². The van der Waals surface area contributed by atoms with Crippen LogP contribution in [0, 0.1) is 0 Å². The molecule has 0 aliphatic rings. The lowest BCUT2D eigenvalue weighted by atomic mass is 10.1. The standard InChI is InChI=1S/C15H16N4O/c1-2-4-12(5-3-1)6-8-14-18-15(20-19-14)9-7-13-10-16-11-17-13/h1-5,10-11H,6-9H2,(H,16,17). The second-order valence-electron chi connectivity index (χ2n) is 4.67. The second-order valence-corrected chi connectivity index (χ2v) is 4.67. The zero-order valence-corrected chi connectivity index (χ0v) is 11.1. The maximum atomic E-state index is 5.26. The molecule has 1 N–H and O–H groups in total. The number of hydrogen-bond acceptors (Lipinski definition) is 4. The fourth-order valence-electron chi connectivity index (χ4n) is 2.06. The average molecular weight is 268 g/mol. The van der Waals surface area contributed by atoms with Crippen LogP contribution in [0.4, 0.5) is 0 Å². The van der Waals surface area contributed by atoms with Crippen molar-refractivity contribution in [1.82, 2.24) is 20.1 Å². The van der Waals surface area contributed by atoms with Gasteiger partial charge in [-0.2, -0.15) is 4.98 Å². The Labute approximate surface area is 117 Å². The van der Waals surface area contributed by atoms with E-state index in [0.717, 1.165) is 37.2 Å². The summed E-state index contributed by atoms with van der Waals surface area (Å²) in [6.07, 6.45) is 6.79. The molecule has 3 aromatic rings. The van der Waals surface area contributed by atoms with Gasteiger partial charge in [-0.15, -0.1) is 0 Å². The fraction of sp³-hybridized carbons (Fsp3) is 0.267. The number of rotatable bonds is 6. The molecule has 0 spiro atoms. The van der Waals surface area contributed by atoms with Crippen molar-refractivity contribution in [1.29, 1.82) is 0 Å². The summed E-state index contributed by atoms with van der Waals surface area (Å²) in [6.45, 7) is 0. The molecular weight excluding hydrogens is 252 g/mol. The highest BCUT2D eigenvalue weighted by atomic mass is 16.5. The molecule has 0 fully saturated rings. The predicted molar refractivity (Wildman–Crippen MR) is 74.1 cm³/mol. The molecule has 0 bridgehead atoms. The lowest BCUT2D eigenvalue weighted by molar-refractivity contribution is 0.372. The molecule has 2 heterocycles. The minimum absolute atomic E-state index is 0.683. The van der Waals surface area contributed by atoms with E-state index in [4.69, 9.17) is 4.52 Å². The zero-order chi connectivity index (χ0) is 13.6. The van der Waals surface area contributed by atoms with Gasteiger partial charge in [0.1, 0.15) is 0 Å². The Balaban J connectivity index is 1.51. The third-order valence-corrected chi connectivity index (χ3v) is 3.15. The molecule has 2 aromatic heterocycles. The number of imidazole rings is 1. The molecule has 102 valence electrons. The first-order valence-corrected chi connectivity index (χ1v) is 6.73. The Bertz CT molecular complexity index is 631. The molecule has 0 radical (unpaired) electrons. The summed E-state index contributed by atoms with van der Waals surface area (Å²) in [7, 11) is 0. The molecule has 5 nitrogen and oxygen atoms in total. The number of H-pyrrole nitrogens is 1. The van der Waals surface area contributed by atoms with Gasteiger partial charge in [-0.3, -0.25) is 0 Å². The topological polar surface area (TPSA) is 67.6 Å². The minimum atomic E-state index is 0.683. The van der Waals surface area contributed by atoms with Gasteiger partial charge in [0, 0.05) is 24.7 Å². The van der Waals surface area contributed by atoms with E-state index in [1.54, 1.807) is 6.33 Å². The zero-order valence-electron chi connectivity index (χ0n) is 11.1. The Morgan fingerprint density at radius 1 is 1.00 bits per heavy atom. The maximum absolute atomic E-state index is 5.26. The SMILES string of the molecule is c1ccc(CCc2noc(CCc3cnc[nH]3)n2)cc1. The average Bonchev–Trinajstić information content (AvgIpc) is 3.16. The van der Waals surface area contributed by atoms with Gasteiger partial charge in [0.2, 0.25) is 5.89 Å². The number of aromatic nitrogens is 4. The number of aromatic amines is 1. The first-order chi connectivity index (χ1) is 9.90. The normalized spacial score (nSPS) is 10.8. The third-order valence-electron chi connectivity index (χ3n) is 3.15. The van der Waals surface area contributed by atoms with E-state index in [1.807, 2.05) is 24.4 Å². The van der Waals surface area contributed by atoms with Crippen LogP contribution in [0.1, 0.15) is 23.0 Å². The summed E-state index contributed by atoms with van der Waals surface area (Å²) in [4.78, 5) is 11.5. The Morgan fingerprint density at radius 3 is 2.70 bits per heavy atom. The highest BCUT2D eigenvalue weighted by Crippen LogP contribution is 2.07. The number of aryl methyl sites for hydroxylation is 4. The van der Waals surface area contributed by atoms with Crippen molar-refractivity contribution in [3.05, 3.63) is 65.8 Å². The van der Waals surface area contributed by atoms with E-state index < -0.39 is 0 Å². The molecule has 0 saturated carbocycles. The molecule has 0 aliphatic heterocycles. The van der Waals surface area contributed by atoms with E-state index >= 15 is 0 Å². The number of hydrogen-bond donors (Lipinski definition) is 1. The van der Waals surface area contributed by atoms with Crippen molar-refractivity contribution < 1.29 is 4.52 Å². The van der Waals surface area contributed by atoms with Crippen LogP contribution in [0.5, 0.6) is 0 Å². The summed E-state index contributed by atoms with van der Waals surface area (Å²) in [6, 6.07) is 10.3. The van der Waals surface area contributed by atoms with Crippen LogP contribution in [0.15, 0.2) is 47.4 Å². The molecule has 0 amide bonds. The summed E-state index contributed by atoms with van der Waals surface area (Å²) in [5, 5.41) is 4.02. The van der Waals surface area contributed by atoms with E-state index in [-0.39, 0.29) is 0 Å². The fourth-order valence-corrected chi connectivity index (χ4v) is 2.06. The van der Waals surface area contributed by atoms with Gasteiger partial charge in [0.05, 0.1) is 6.33 Å². The summed E-state index contributed by atoms with van der Waals surface area (Å²) in [5.41, 5.74) is 2.37. The van der Waals surface area contributed by atoms with Gasteiger partial charge >= 0.3 is 0 Å². The molecule has 0 unspecified atom stereocenters. The number of nitrogens with one attached hydrogen (secondary N) is 1. The smallest absolute Gasteiger partial charge is 0.227 e. The van der Waals surface area contributed by atoms with Crippen LogP contribution in [0.2, 0.25) is 0 Å². The van der Waals surface area contributed by atoms with Crippen LogP contribution >= 0.6 is 0 Å². The third kappa shape index (κ3) is 3.32. The van der Waals surface area contributed by atoms with Gasteiger partial charge in [-0.1, -0.05) is 35.5 Å². The van der Waals surface area contributed by atoms with Gasteiger partial charge in [-0.25, -0.2) is 4.98 Å². The summed E-state index contributed by atoms with van der Waals surface area (Å²) >= 11 is 0. The van der Waals surface area contributed by atoms with Crippen molar-refractivity contribution in [2.45, 2.75) is 25.7 Å². The lowest BCUT2D eigenvalue weighted by Crippen LogP contribution is -1.95. The predicted octanol–water partition coefficient (Wildman–Crippen LogP) is 2.36. The molecular formula is C15H16N4O. The highest BCUT2D eigenvalue weighted by molar-refractivity contribution is 5.15. The van der Waals surface area contributed by atoms with E-state index in [2.05, 4.69) is 32.2 Å². The first-order valence-electron chi connectivity index (χ1n) is 6.73. The largest absolute Gasteiger partial charge is 0.348 e. The molecule has 0 saturated heterocycles. The Kier molecular flexibility index (Phi) is 3.87. The van der Waals surface area contributed by atoms with E-state index in [1.165, 1.54) is 5.56 Å². The van der Waals surface area contributed by atoms with Crippen LogP contribution in [0.25, 0.3) is 0 Å². The molecule has 3 rings (SSSR count). The molecule has 0 aliphatic carbocycles. The highest BCUT2D eigenvalue weighted by Gasteiger charge is 2.07. The van der Waals surface area contributed by atoms with E-state index in [0.29, 0.717) is 5.89 Å². The quantitative estimate of drug-likeness (QED) is 0.745. The first kappa shape index (κ1) is 12.6. The minimum Gasteiger partial charge on any atom is -0.348 e. The van der Waals surface area contributed by atoms with Gasteiger partial charge in [0.15, 0.2) is 5.82 Å². The molecule has 0 atom stereocenters. The van der Waals surface area contributed by atoms with Crippen molar-refractivity contribution >= 4 is 0 Å². The van der Waals surface area contributed by atoms with Gasteiger partial charge in [0.25, 0.3) is 0 Å². The number of benzene rings is 1. The maximum Gasteiger partial charge on any atom is 0.227 e. The van der Waals surface area contributed by atoms with Crippen LogP contribution < -0.4 is 0 Å².